The average Bonchev–Trinajstić information content (AvgIpc) is 2.66. The van der Waals surface area contributed by atoms with Crippen molar-refractivity contribution < 1.29 is 14.2 Å². The van der Waals surface area contributed by atoms with E-state index in [0.717, 1.165) is 6.42 Å². The number of fused-ring (bicyclic) bond motifs is 1. The molecular formula is C19H20N4O4. The molecule has 0 amide bonds. The van der Waals surface area contributed by atoms with Gasteiger partial charge in [-0.05, 0) is 31.0 Å². The van der Waals surface area contributed by atoms with Crippen LogP contribution in [0.4, 0.5) is 0 Å². The summed E-state index contributed by atoms with van der Waals surface area (Å²) in [5.74, 6) is 0.440. The van der Waals surface area contributed by atoms with Crippen LogP contribution in [0.5, 0.6) is 17.4 Å². The first-order valence-corrected chi connectivity index (χ1v) is 8.65. The maximum absolute atomic E-state index is 12.4. The van der Waals surface area contributed by atoms with Gasteiger partial charge >= 0.3 is 0 Å². The molecule has 140 valence electrons. The smallest absolute Gasteiger partial charge is 0.258 e. The van der Waals surface area contributed by atoms with Gasteiger partial charge in [-0.2, -0.15) is 5.26 Å². The van der Waals surface area contributed by atoms with E-state index >= 15 is 0 Å². The van der Waals surface area contributed by atoms with Crippen LogP contribution in [-0.4, -0.2) is 23.2 Å². The van der Waals surface area contributed by atoms with Crippen LogP contribution in [-0.2, 0) is 0 Å². The number of rotatable bonds is 6. The average molecular weight is 368 g/mol. The number of H-pyrrole nitrogens is 1. The molecule has 1 aromatic carbocycles. The minimum absolute atomic E-state index is 0.0719. The van der Waals surface area contributed by atoms with E-state index in [1.54, 1.807) is 18.2 Å². The Hall–Kier alpha value is -3.47. The number of aromatic amines is 1. The number of aromatic nitrogens is 2. The SMILES string of the molecule is CCCOc1ccc(C2C(C#N)=C(N)Oc3nc[nH]c(=O)c32)cc1OCC. The van der Waals surface area contributed by atoms with E-state index in [-0.39, 0.29) is 22.9 Å². The van der Waals surface area contributed by atoms with Gasteiger partial charge in [0.05, 0.1) is 31.0 Å². The van der Waals surface area contributed by atoms with Gasteiger partial charge in [0.2, 0.25) is 11.8 Å². The van der Waals surface area contributed by atoms with Gasteiger partial charge in [0.25, 0.3) is 5.56 Å². The third kappa shape index (κ3) is 3.44. The van der Waals surface area contributed by atoms with E-state index in [0.29, 0.717) is 30.3 Å². The lowest BCUT2D eigenvalue weighted by atomic mass is 9.85. The van der Waals surface area contributed by atoms with Gasteiger partial charge in [-0.25, -0.2) is 4.98 Å². The molecule has 8 heteroatoms. The number of ether oxygens (including phenoxy) is 3. The molecule has 1 atom stereocenters. The van der Waals surface area contributed by atoms with Crippen LogP contribution in [0.15, 0.2) is 40.8 Å². The van der Waals surface area contributed by atoms with E-state index in [9.17, 15) is 10.1 Å². The van der Waals surface area contributed by atoms with Crippen molar-refractivity contribution in [2.45, 2.75) is 26.2 Å². The largest absolute Gasteiger partial charge is 0.490 e. The fraction of sp³-hybridized carbons (Fsp3) is 0.316. The van der Waals surface area contributed by atoms with E-state index in [1.165, 1.54) is 6.33 Å². The zero-order chi connectivity index (χ0) is 19.4. The van der Waals surface area contributed by atoms with E-state index < -0.39 is 11.5 Å². The number of nitrogens with one attached hydrogen (secondary N) is 1. The van der Waals surface area contributed by atoms with Crippen LogP contribution in [0, 0.1) is 11.3 Å². The van der Waals surface area contributed by atoms with Crippen LogP contribution in [0.2, 0.25) is 0 Å². The summed E-state index contributed by atoms with van der Waals surface area (Å²) >= 11 is 0. The second-order valence-electron chi connectivity index (χ2n) is 5.86. The molecule has 0 aliphatic carbocycles. The van der Waals surface area contributed by atoms with E-state index in [1.807, 2.05) is 19.9 Å². The Kier molecular flexibility index (Phi) is 5.31. The Labute approximate surface area is 156 Å². The molecule has 1 unspecified atom stereocenters. The van der Waals surface area contributed by atoms with Crippen molar-refractivity contribution in [3.8, 4) is 23.4 Å². The summed E-state index contributed by atoms with van der Waals surface area (Å²) in [5, 5.41) is 9.60. The molecule has 0 saturated carbocycles. The monoisotopic (exact) mass is 368 g/mol. The second kappa shape index (κ2) is 7.83. The Morgan fingerprint density at radius 3 is 2.85 bits per heavy atom. The summed E-state index contributed by atoms with van der Waals surface area (Å²) in [6, 6.07) is 7.35. The van der Waals surface area contributed by atoms with Crippen molar-refractivity contribution in [1.29, 1.82) is 5.26 Å². The Morgan fingerprint density at radius 1 is 1.33 bits per heavy atom. The third-order valence-corrected chi connectivity index (χ3v) is 4.09. The maximum Gasteiger partial charge on any atom is 0.258 e. The first-order chi connectivity index (χ1) is 13.1. The van der Waals surface area contributed by atoms with Crippen LogP contribution in [0.1, 0.15) is 37.3 Å². The normalized spacial score (nSPS) is 15.5. The highest BCUT2D eigenvalue weighted by Gasteiger charge is 2.34. The molecule has 1 aromatic heterocycles. The standard InChI is InChI=1S/C19H20N4O4/c1-3-7-26-13-6-5-11(8-14(13)25-4-2)15-12(9-20)17(21)27-19-16(15)18(24)22-10-23-19/h5-6,8,10,15H,3-4,7,21H2,1-2H3,(H,22,23,24). The number of benzene rings is 1. The molecule has 1 aliphatic heterocycles. The number of nitriles is 1. The van der Waals surface area contributed by atoms with Gasteiger partial charge < -0.3 is 24.9 Å². The molecular weight excluding hydrogens is 348 g/mol. The van der Waals surface area contributed by atoms with E-state index in [2.05, 4.69) is 9.97 Å². The molecule has 0 fully saturated rings. The van der Waals surface area contributed by atoms with Gasteiger partial charge in [-0.1, -0.05) is 13.0 Å². The van der Waals surface area contributed by atoms with Gasteiger partial charge in [-0.3, -0.25) is 4.79 Å². The maximum atomic E-state index is 12.4. The van der Waals surface area contributed by atoms with Crippen molar-refractivity contribution in [2.24, 2.45) is 5.73 Å². The quantitative estimate of drug-likeness (QED) is 0.801. The minimum Gasteiger partial charge on any atom is -0.490 e. The summed E-state index contributed by atoms with van der Waals surface area (Å²) in [5.41, 5.74) is 6.54. The van der Waals surface area contributed by atoms with Crippen LogP contribution in [0.25, 0.3) is 0 Å². The van der Waals surface area contributed by atoms with E-state index in [4.69, 9.17) is 19.9 Å². The Bertz CT molecular complexity index is 974. The molecule has 0 radical (unpaired) electrons. The summed E-state index contributed by atoms with van der Waals surface area (Å²) in [6.07, 6.45) is 2.09. The van der Waals surface area contributed by atoms with Crippen LogP contribution >= 0.6 is 0 Å². The van der Waals surface area contributed by atoms with Gasteiger partial charge in [0, 0.05) is 0 Å². The lowest BCUT2D eigenvalue weighted by molar-refractivity contribution is 0.276. The van der Waals surface area contributed by atoms with Crippen molar-refractivity contribution >= 4 is 0 Å². The van der Waals surface area contributed by atoms with Crippen molar-refractivity contribution in [3.63, 3.8) is 0 Å². The lowest BCUT2D eigenvalue weighted by Crippen LogP contribution is -2.28. The predicted molar refractivity (Wildman–Crippen MR) is 97.6 cm³/mol. The molecule has 0 bridgehead atoms. The molecule has 0 spiro atoms. The summed E-state index contributed by atoms with van der Waals surface area (Å²) in [6.45, 7) is 4.88. The fourth-order valence-electron chi connectivity index (χ4n) is 2.93. The number of nitrogens with zero attached hydrogens (tertiary/aromatic N) is 2. The Morgan fingerprint density at radius 2 is 2.15 bits per heavy atom. The van der Waals surface area contributed by atoms with Gasteiger partial charge in [0.15, 0.2) is 11.5 Å². The predicted octanol–water partition coefficient (Wildman–Crippen LogP) is 2.18. The van der Waals surface area contributed by atoms with Crippen LogP contribution in [0.3, 0.4) is 0 Å². The highest BCUT2D eigenvalue weighted by Crippen LogP contribution is 2.41. The van der Waals surface area contributed by atoms with Crippen LogP contribution < -0.4 is 25.5 Å². The molecule has 3 N–H and O–H groups in total. The first kappa shape index (κ1) is 18.3. The summed E-state index contributed by atoms with van der Waals surface area (Å²) in [4.78, 5) is 19.0. The number of hydrogen-bond donors (Lipinski definition) is 2. The van der Waals surface area contributed by atoms with Gasteiger partial charge in [0.1, 0.15) is 11.6 Å². The van der Waals surface area contributed by atoms with Crippen molar-refractivity contribution in [3.05, 3.63) is 57.5 Å². The molecule has 27 heavy (non-hydrogen) atoms. The van der Waals surface area contributed by atoms with Crippen molar-refractivity contribution in [2.75, 3.05) is 13.2 Å². The molecule has 0 saturated heterocycles. The lowest BCUT2D eigenvalue weighted by Gasteiger charge is -2.25. The van der Waals surface area contributed by atoms with Crippen molar-refractivity contribution in [1.82, 2.24) is 9.97 Å². The Balaban J connectivity index is 2.16. The zero-order valence-corrected chi connectivity index (χ0v) is 15.1. The minimum atomic E-state index is -0.712. The number of nitrogens with two attached hydrogens (primary N) is 1. The third-order valence-electron chi connectivity index (χ3n) is 4.09. The van der Waals surface area contributed by atoms with Gasteiger partial charge in [-0.15, -0.1) is 0 Å². The molecule has 2 aromatic rings. The molecule has 8 nitrogen and oxygen atoms in total. The first-order valence-electron chi connectivity index (χ1n) is 8.65. The topological polar surface area (TPSA) is 123 Å². The zero-order valence-electron chi connectivity index (χ0n) is 15.1. The molecule has 1 aliphatic rings. The molecule has 2 heterocycles. The fourth-order valence-corrected chi connectivity index (χ4v) is 2.93. The summed E-state index contributed by atoms with van der Waals surface area (Å²) < 4.78 is 16.8. The highest BCUT2D eigenvalue weighted by atomic mass is 16.5. The molecule has 3 rings (SSSR count). The summed E-state index contributed by atoms with van der Waals surface area (Å²) in [7, 11) is 0. The number of allylic oxidation sites excluding steroid dienone is 1. The number of hydrogen-bond acceptors (Lipinski definition) is 7. The second-order valence-corrected chi connectivity index (χ2v) is 5.86. The highest BCUT2D eigenvalue weighted by molar-refractivity contribution is 5.55.